The first kappa shape index (κ1) is 23.2. The van der Waals surface area contributed by atoms with Crippen molar-refractivity contribution in [3.63, 3.8) is 0 Å². The Balaban J connectivity index is 1.50. The van der Waals surface area contributed by atoms with E-state index >= 15 is 0 Å². The molecule has 4 nitrogen and oxygen atoms in total. The highest BCUT2D eigenvalue weighted by Crippen LogP contribution is 2.66. The van der Waals surface area contributed by atoms with Gasteiger partial charge >= 0.3 is 0 Å². The molecular formula is C31H38O4. The van der Waals surface area contributed by atoms with Crippen LogP contribution < -0.4 is 9.47 Å². The number of hydrogen-bond donors (Lipinski definition) is 2. The van der Waals surface area contributed by atoms with Crippen LogP contribution in [0.4, 0.5) is 0 Å². The third kappa shape index (κ3) is 3.66. The van der Waals surface area contributed by atoms with E-state index in [0.29, 0.717) is 25.0 Å². The topological polar surface area (TPSA) is 58.9 Å². The minimum absolute atomic E-state index is 0.205. The van der Waals surface area contributed by atoms with E-state index in [-0.39, 0.29) is 23.4 Å². The Morgan fingerprint density at radius 1 is 1.06 bits per heavy atom. The third-order valence-corrected chi connectivity index (χ3v) is 9.55. The van der Waals surface area contributed by atoms with Crippen molar-refractivity contribution in [2.75, 3.05) is 13.2 Å². The van der Waals surface area contributed by atoms with E-state index in [1.807, 2.05) is 0 Å². The Bertz CT molecular complexity index is 1150. The average Bonchev–Trinajstić information content (AvgIpc) is 3.12. The molecule has 1 aliphatic heterocycles. The molecule has 6 atom stereocenters. The first-order chi connectivity index (χ1) is 16.8. The second-order valence-electron chi connectivity index (χ2n) is 11.9. The maximum Gasteiger partial charge on any atom is 0.161 e. The molecule has 6 rings (SSSR count). The average molecular weight is 475 g/mol. The smallest absolute Gasteiger partial charge is 0.161 e. The Kier molecular flexibility index (Phi) is 5.58. The molecule has 2 saturated carbocycles. The van der Waals surface area contributed by atoms with Crippen LogP contribution in [0.15, 0.2) is 41.0 Å². The summed E-state index contributed by atoms with van der Waals surface area (Å²) in [6.07, 6.45) is 8.30. The second-order valence-corrected chi connectivity index (χ2v) is 11.9. The van der Waals surface area contributed by atoms with Gasteiger partial charge in [0.25, 0.3) is 0 Å². The summed E-state index contributed by atoms with van der Waals surface area (Å²) < 4.78 is 11.8. The SMILES string of the molecule is CC(C)C#C[C@]1(O)CC[C@H]2[C@@H]3CCC4=CC(O)CCC4=C3[C@@H](c3ccc4c(c3)OCCO4)C[C@@]21C. The van der Waals surface area contributed by atoms with Gasteiger partial charge in [-0.15, -0.1) is 0 Å². The van der Waals surface area contributed by atoms with Crippen LogP contribution in [0.25, 0.3) is 0 Å². The number of ether oxygens (including phenoxy) is 2. The monoisotopic (exact) mass is 474 g/mol. The molecule has 1 aromatic carbocycles. The molecule has 0 saturated heterocycles. The fourth-order valence-corrected chi connectivity index (χ4v) is 7.83. The summed E-state index contributed by atoms with van der Waals surface area (Å²) in [5.74, 6) is 9.67. The van der Waals surface area contributed by atoms with E-state index in [2.05, 4.69) is 56.9 Å². The van der Waals surface area contributed by atoms with Crippen LogP contribution in [0.5, 0.6) is 11.5 Å². The van der Waals surface area contributed by atoms with Gasteiger partial charge < -0.3 is 19.7 Å². The molecular weight excluding hydrogens is 436 g/mol. The predicted octanol–water partition coefficient (Wildman–Crippen LogP) is 5.54. The van der Waals surface area contributed by atoms with Gasteiger partial charge in [-0.25, -0.2) is 0 Å². The molecule has 186 valence electrons. The van der Waals surface area contributed by atoms with Gasteiger partial charge in [0.1, 0.15) is 18.8 Å². The van der Waals surface area contributed by atoms with E-state index in [4.69, 9.17) is 9.47 Å². The largest absolute Gasteiger partial charge is 0.486 e. The first-order valence-corrected chi connectivity index (χ1v) is 13.6. The lowest BCUT2D eigenvalue weighted by atomic mass is 9.51. The predicted molar refractivity (Wildman–Crippen MR) is 136 cm³/mol. The van der Waals surface area contributed by atoms with Gasteiger partial charge in [-0.3, -0.25) is 0 Å². The molecule has 0 bridgehead atoms. The maximum absolute atomic E-state index is 12.0. The quantitative estimate of drug-likeness (QED) is 0.525. The summed E-state index contributed by atoms with van der Waals surface area (Å²) in [6, 6.07) is 6.44. The van der Waals surface area contributed by atoms with Crippen molar-refractivity contribution >= 4 is 0 Å². The van der Waals surface area contributed by atoms with E-state index in [9.17, 15) is 10.2 Å². The van der Waals surface area contributed by atoms with Crippen molar-refractivity contribution in [3.05, 3.63) is 46.6 Å². The van der Waals surface area contributed by atoms with Crippen LogP contribution in [0, 0.1) is 35.0 Å². The summed E-state index contributed by atoms with van der Waals surface area (Å²) in [5.41, 5.74) is 4.43. The number of hydrogen-bond acceptors (Lipinski definition) is 4. The lowest BCUT2D eigenvalue weighted by Gasteiger charge is -2.54. The zero-order valence-electron chi connectivity index (χ0n) is 21.3. The molecule has 5 aliphatic rings. The van der Waals surface area contributed by atoms with Gasteiger partial charge in [-0.1, -0.05) is 50.3 Å². The number of aliphatic hydroxyl groups excluding tert-OH is 1. The fourth-order valence-electron chi connectivity index (χ4n) is 7.83. The number of aliphatic hydroxyl groups is 2. The molecule has 0 spiro atoms. The third-order valence-electron chi connectivity index (χ3n) is 9.55. The van der Waals surface area contributed by atoms with Crippen LogP contribution in [-0.2, 0) is 0 Å². The van der Waals surface area contributed by atoms with E-state index in [0.717, 1.165) is 56.4 Å². The zero-order chi connectivity index (χ0) is 24.4. The van der Waals surface area contributed by atoms with Crippen molar-refractivity contribution in [2.24, 2.45) is 23.2 Å². The van der Waals surface area contributed by atoms with Gasteiger partial charge in [0.2, 0.25) is 0 Å². The summed E-state index contributed by atoms with van der Waals surface area (Å²) in [5, 5.41) is 22.4. The molecule has 4 aliphatic carbocycles. The Morgan fingerprint density at radius 2 is 1.86 bits per heavy atom. The highest BCUT2D eigenvalue weighted by Gasteiger charge is 2.62. The summed E-state index contributed by atoms with van der Waals surface area (Å²) in [4.78, 5) is 0. The molecule has 1 aromatic rings. The molecule has 35 heavy (non-hydrogen) atoms. The van der Waals surface area contributed by atoms with Crippen LogP contribution >= 0.6 is 0 Å². The molecule has 0 radical (unpaired) electrons. The normalized spacial score (nSPS) is 37.6. The minimum atomic E-state index is -0.955. The summed E-state index contributed by atoms with van der Waals surface area (Å²) in [7, 11) is 0. The number of fused-ring (bicyclic) bond motifs is 5. The maximum atomic E-state index is 12.0. The van der Waals surface area contributed by atoms with E-state index in [1.54, 1.807) is 5.57 Å². The molecule has 4 heteroatoms. The van der Waals surface area contributed by atoms with Crippen LogP contribution in [0.2, 0.25) is 0 Å². The van der Waals surface area contributed by atoms with Gasteiger partial charge in [-0.05, 0) is 85.6 Å². The molecule has 2 fully saturated rings. The van der Waals surface area contributed by atoms with Gasteiger partial charge in [-0.2, -0.15) is 0 Å². The van der Waals surface area contributed by atoms with Gasteiger partial charge in [0, 0.05) is 17.3 Å². The number of benzene rings is 1. The molecule has 1 heterocycles. The molecule has 0 aromatic heterocycles. The fraction of sp³-hybridized carbons (Fsp3) is 0.613. The summed E-state index contributed by atoms with van der Waals surface area (Å²) in [6.45, 7) is 7.66. The first-order valence-electron chi connectivity index (χ1n) is 13.6. The van der Waals surface area contributed by atoms with Gasteiger partial charge in [0.15, 0.2) is 11.5 Å². The Labute approximate surface area is 209 Å². The standard InChI is InChI=1S/C31H38O4/c1-19(2)10-12-31(33)13-11-26-24-7-4-20-16-22(32)6-8-23(20)29(24)25(18-30(26,31)3)21-5-9-27-28(17-21)35-15-14-34-27/h5,9,16-17,19,22,24-26,32-33H,4,6-8,11,13-15,18H2,1-3H3/t22?,24-,25+,26-,30-,31-/m0/s1. The van der Waals surface area contributed by atoms with Crippen molar-refractivity contribution in [1.82, 2.24) is 0 Å². The van der Waals surface area contributed by atoms with Crippen LogP contribution in [0.1, 0.15) is 77.2 Å². The van der Waals surface area contributed by atoms with Crippen LogP contribution in [-0.4, -0.2) is 35.1 Å². The van der Waals surface area contributed by atoms with Crippen molar-refractivity contribution in [3.8, 4) is 23.3 Å². The highest BCUT2D eigenvalue weighted by atomic mass is 16.6. The lowest BCUT2D eigenvalue weighted by Crippen LogP contribution is -2.51. The minimum Gasteiger partial charge on any atom is -0.486 e. The number of rotatable bonds is 1. The Morgan fingerprint density at radius 3 is 2.66 bits per heavy atom. The number of allylic oxidation sites excluding steroid dienone is 3. The second kappa shape index (κ2) is 8.43. The lowest BCUT2D eigenvalue weighted by molar-refractivity contribution is -0.0515. The zero-order valence-corrected chi connectivity index (χ0v) is 21.3. The Hall–Kier alpha value is -2.22. The van der Waals surface area contributed by atoms with E-state index in [1.165, 1.54) is 16.7 Å². The summed E-state index contributed by atoms with van der Waals surface area (Å²) >= 11 is 0. The van der Waals surface area contributed by atoms with Crippen molar-refractivity contribution in [2.45, 2.75) is 83.3 Å². The van der Waals surface area contributed by atoms with Crippen molar-refractivity contribution in [1.29, 1.82) is 0 Å². The highest BCUT2D eigenvalue weighted by molar-refractivity contribution is 5.52. The van der Waals surface area contributed by atoms with E-state index < -0.39 is 5.60 Å². The van der Waals surface area contributed by atoms with Gasteiger partial charge in [0.05, 0.1) is 6.10 Å². The molecule has 1 unspecified atom stereocenters. The van der Waals surface area contributed by atoms with Crippen LogP contribution in [0.3, 0.4) is 0 Å². The van der Waals surface area contributed by atoms with Crippen molar-refractivity contribution < 1.29 is 19.7 Å². The molecule has 2 N–H and O–H groups in total. The molecule has 0 amide bonds.